The van der Waals surface area contributed by atoms with Crippen LogP contribution in [0.25, 0.3) is 21.3 Å². The largest absolute Gasteiger partial charge is 0.475 e. The van der Waals surface area contributed by atoms with E-state index in [4.69, 9.17) is 9.52 Å². The lowest BCUT2D eigenvalue weighted by Crippen LogP contribution is -1.92. The monoisotopic (exact) mass is 396 g/mol. The van der Waals surface area contributed by atoms with E-state index >= 15 is 0 Å². The second-order valence-corrected chi connectivity index (χ2v) is 7.74. The molecule has 1 N–H and O–H groups in total. The maximum atomic E-state index is 11.0. The second-order valence-electron chi connectivity index (χ2n) is 5.92. The van der Waals surface area contributed by atoms with Gasteiger partial charge < -0.3 is 9.52 Å². The average Bonchev–Trinajstić information content (AvgIpc) is 3.34. The van der Waals surface area contributed by atoms with Crippen LogP contribution in [0.5, 0.6) is 0 Å². The summed E-state index contributed by atoms with van der Waals surface area (Å²) in [6, 6.07) is 11.7. The van der Waals surface area contributed by atoms with Crippen molar-refractivity contribution in [3.63, 3.8) is 0 Å². The Morgan fingerprint density at radius 1 is 1.19 bits per heavy atom. The first kappa shape index (κ1) is 17.8. The highest BCUT2D eigenvalue weighted by atomic mass is 32.2. The van der Waals surface area contributed by atoms with Crippen LogP contribution in [0.1, 0.15) is 28.8 Å². The number of carboxylic acid groups (broad SMARTS) is 1. The highest BCUT2D eigenvalue weighted by Crippen LogP contribution is 2.38. The summed E-state index contributed by atoms with van der Waals surface area (Å²) < 4.78 is 5.34. The fourth-order valence-electron chi connectivity index (χ4n) is 2.80. The highest BCUT2D eigenvalue weighted by Gasteiger charge is 2.15. The first-order chi connectivity index (χ1) is 13.2. The van der Waals surface area contributed by atoms with Gasteiger partial charge in [-0.2, -0.15) is 0 Å². The molecule has 0 atom stereocenters. The van der Waals surface area contributed by atoms with Crippen molar-refractivity contribution < 1.29 is 14.3 Å². The first-order valence-corrected chi connectivity index (χ1v) is 10.3. The fourth-order valence-corrected chi connectivity index (χ4v) is 4.69. The molecule has 7 heteroatoms. The van der Waals surface area contributed by atoms with Gasteiger partial charge in [0, 0.05) is 10.9 Å². The third-order valence-electron chi connectivity index (χ3n) is 4.23. The molecule has 3 heterocycles. The number of hydrogen-bond acceptors (Lipinski definition) is 6. The van der Waals surface area contributed by atoms with E-state index in [-0.39, 0.29) is 5.76 Å². The molecule has 4 rings (SSSR count). The summed E-state index contributed by atoms with van der Waals surface area (Å²) in [7, 11) is 0. The van der Waals surface area contributed by atoms with Crippen LogP contribution in [0.3, 0.4) is 0 Å². The predicted molar refractivity (Wildman–Crippen MR) is 107 cm³/mol. The zero-order chi connectivity index (χ0) is 18.8. The Balaban J connectivity index is 1.66. The molecule has 27 heavy (non-hydrogen) atoms. The number of benzene rings is 1. The van der Waals surface area contributed by atoms with E-state index in [2.05, 4.69) is 46.5 Å². The van der Waals surface area contributed by atoms with E-state index in [0.29, 0.717) is 11.5 Å². The molecule has 0 unspecified atom stereocenters. The molecule has 0 aliphatic rings. The molecule has 0 radical (unpaired) electrons. The quantitative estimate of drug-likeness (QED) is 0.342. The summed E-state index contributed by atoms with van der Waals surface area (Å²) in [5.74, 6) is -0.00562. The lowest BCUT2D eigenvalue weighted by atomic mass is 10.0. The number of aromatic nitrogens is 2. The molecule has 0 spiro atoms. The summed E-state index contributed by atoms with van der Waals surface area (Å²) in [5, 5.41) is 13.0. The zero-order valence-electron chi connectivity index (χ0n) is 14.5. The summed E-state index contributed by atoms with van der Waals surface area (Å²) in [4.78, 5) is 20.7. The SMILES string of the molecule is CCc1ccc(-c2csc3ncnc(SCc4ccc(C(=O)O)o4)c23)cc1. The van der Waals surface area contributed by atoms with Gasteiger partial charge in [0.2, 0.25) is 5.76 Å². The van der Waals surface area contributed by atoms with Gasteiger partial charge in [-0.3, -0.25) is 0 Å². The topological polar surface area (TPSA) is 76.2 Å². The van der Waals surface area contributed by atoms with Crippen molar-refractivity contribution in [2.45, 2.75) is 24.1 Å². The van der Waals surface area contributed by atoms with Crippen molar-refractivity contribution in [3.05, 3.63) is 65.2 Å². The van der Waals surface area contributed by atoms with E-state index in [1.165, 1.54) is 23.4 Å². The highest BCUT2D eigenvalue weighted by molar-refractivity contribution is 7.98. The average molecular weight is 396 g/mol. The minimum absolute atomic E-state index is 0.0503. The molecule has 4 aromatic rings. The number of aromatic carboxylic acids is 1. The van der Waals surface area contributed by atoms with Gasteiger partial charge in [-0.05, 0) is 29.7 Å². The van der Waals surface area contributed by atoms with Gasteiger partial charge in [0.05, 0.1) is 11.1 Å². The molecular weight excluding hydrogens is 380 g/mol. The van der Waals surface area contributed by atoms with Crippen LogP contribution in [0, 0.1) is 0 Å². The van der Waals surface area contributed by atoms with Gasteiger partial charge in [0.15, 0.2) is 0 Å². The smallest absolute Gasteiger partial charge is 0.371 e. The van der Waals surface area contributed by atoms with E-state index in [9.17, 15) is 4.79 Å². The van der Waals surface area contributed by atoms with Crippen molar-refractivity contribution in [1.82, 2.24) is 9.97 Å². The van der Waals surface area contributed by atoms with Gasteiger partial charge in [0.25, 0.3) is 0 Å². The van der Waals surface area contributed by atoms with Crippen molar-refractivity contribution in [3.8, 4) is 11.1 Å². The van der Waals surface area contributed by atoms with Gasteiger partial charge in [-0.15, -0.1) is 11.3 Å². The third kappa shape index (κ3) is 3.61. The molecule has 5 nitrogen and oxygen atoms in total. The van der Waals surface area contributed by atoms with Crippen LogP contribution < -0.4 is 0 Å². The Hall–Kier alpha value is -2.64. The Kier molecular flexibility index (Phi) is 4.96. The number of carboxylic acids is 1. The molecule has 3 aromatic heterocycles. The maximum absolute atomic E-state index is 11.0. The molecule has 0 saturated carbocycles. The zero-order valence-corrected chi connectivity index (χ0v) is 16.1. The Bertz CT molecular complexity index is 1100. The standard InChI is InChI=1S/C20H16N2O3S2/c1-2-12-3-5-13(6-4-12)15-10-27-19-17(15)18(21-11-22-19)26-9-14-7-8-16(25-14)20(23)24/h3-8,10-11H,2,9H2,1H3,(H,23,24). The molecule has 1 aromatic carbocycles. The van der Waals surface area contributed by atoms with Gasteiger partial charge in [-0.1, -0.05) is 43.0 Å². The van der Waals surface area contributed by atoms with E-state index < -0.39 is 5.97 Å². The van der Waals surface area contributed by atoms with Crippen molar-refractivity contribution >= 4 is 39.3 Å². The molecule has 0 bridgehead atoms. The Morgan fingerprint density at radius 3 is 2.70 bits per heavy atom. The minimum atomic E-state index is -1.06. The lowest BCUT2D eigenvalue weighted by Gasteiger charge is -2.05. The predicted octanol–water partition coefficient (Wildman–Crippen LogP) is 5.50. The van der Waals surface area contributed by atoms with Crippen molar-refractivity contribution in [2.75, 3.05) is 0 Å². The third-order valence-corrected chi connectivity index (χ3v) is 6.13. The van der Waals surface area contributed by atoms with E-state index in [1.807, 2.05) is 0 Å². The number of thioether (sulfide) groups is 1. The summed E-state index contributed by atoms with van der Waals surface area (Å²) in [5.41, 5.74) is 3.56. The van der Waals surface area contributed by atoms with Crippen molar-refractivity contribution in [1.29, 1.82) is 0 Å². The normalized spacial score (nSPS) is 11.1. The number of rotatable bonds is 6. The summed E-state index contributed by atoms with van der Waals surface area (Å²) in [6.45, 7) is 2.14. The molecule has 0 fully saturated rings. The molecule has 0 amide bonds. The molecule has 0 aliphatic heterocycles. The number of hydrogen-bond donors (Lipinski definition) is 1. The minimum Gasteiger partial charge on any atom is -0.475 e. The van der Waals surface area contributed by atoms with Gasteiger partial charge in [0.1, 0.15) is 21.9 Å². The number of thiophene rings is 1. The van der Waals surface area contributed by atoms with E-state index in [0.717, 1.165) is 32.8 Å². The second kappa shape index (κ2) is 7.54. The number of furan rings is 1. The van der Waals surface area contributed by atoms with Gasteiger partial charge in [-0.25, -0.2) is 14.8 Å². The van der Waals surface area contributed by atoms with E-state index in [1.54, 1.807) is 23.7 Å². The van der Waals surface area contributed by atoms with Crippen LogP contribution in [0.2, 0.25) is 0 Å². The number of fused-ring (bicyclic) bond motifs is 1. The van der Waals surface area contributed by atoms with Crippen LogP contribution in [0.4, 0.5) is 0 Å². The Morgan fingerprint density at radius 2 is 2.00 bits per heavy atom. The Labute approximate surface area is 164 Å². The van der Waals surface area contributed by atoms with Crippen LogP contribution in [-0.2, 0) is 12.2 Å². The van der Waals surface area contributed by atoms with Crippen LogP contribution in [-0.4, -0.2) is 21.0 Å². The molecule has 0 aliphatic carbocycles. The molecular formula is C20H16N2O3S2. The molecule has 0 saturated heterocycles. The van der Waals surface area contributed by atoms with Crippen LogP contribution >= 0.6 is 23.1 Å². The fraction of sp³-hybridized carbons (Fsp3) is 0.150. The summed E-state index contributed by atoms with van der Waals surface area (Å²) in [6.07, 6.45) is 2.58. The number of nitrogens with zero attached hydrogens (tertiary/aromatic N) is 2. The maximum Gasteiger partial charge on any atom is 0.371 e. The van der Waals surface area contributed by atoms with Crippen LogP contribution in [0.15, 0.2) is 57.5 Å². The first-order valence-electron chi connectivity index (χ1n) is 8.42. The van der Waals surface area contributed by atoms with Crippen molar-refractivity contribution in [2.24, 2.45) is 0 Å². The lowest BCUT2D eigenvalue weighted by molar-refractivity contribution is 0.0661. The number of aryl methyl sites for hydroxylation is 1. The molecule has 136 valence electrons. The number of carbonyl (C=O) groups is 1. The summed E-state index contributed by atoms with van der Waals surface area (Å²) >= 11 is 3.12. The van der Waals surface area contributed by atoms with Gasteiger partial charge >= 0.3 is 5.97 Å².